The predicted molar refractivity (Wildman–Crippen MR) is 80.2 cm³/mol. The quantitative estimate of drug-likeness (QED) is 0.802. The largest absolute Gasteiger partial charge is 0.352 e. The Hall–Kier alpha value is -2.04. The molecule has 22 heavy (non-hydrogen) atoms. The first-order chi connectivity index (χ1) is 10.5. The Kier molecular flexibility index (Phi) is 1.52. The Morgan fingerprint density at radius 1 is 1.00 bits per heavy atom. The number of aromatic nitrogens is 3. The molecule has 1 aromatic carbocycles. The van der Waals surface area contributed by atoms with Crippen LogP contribution in [0.3, 0.4) is 0 Å². The lowest BCUT2D eigenvalue weighted by molar-refractivity contribution is 0.0167. The molecule has 6 rings (SSSR count). The molecule has 112 valence electrons. The van der Waals surface area contributed by atoms with E-state index in [1.54, 1.807) is 9.36 Å². The normalized spacial score (nSPS) is 45.4. The molecule has 0 bridgehead atoms. The van der Waals surface area contributed by atoms with Crippen LogP contribution in [-0.2, 0) is 0 Å². The zero-order valence-electron chi connectivity index (χ0n) is 12.6. The van der Waals surface area contributed by atoms with Crippen LogP contribution in [-0.4, -0.2) is 13.9 Å². The molecule has 6 atom stereocenters. The van der Waals surface area contributed by atoms with E-state index in [9.17, 15) is 9.59 Å². The van der Waals surface area contributed by atoms with Gasteiger partial charge in [0.05, 0.1) is 17.8 Å². The number of para-hydroxylation sites is 1. The fourth-order valence-electron chi connectivity index (χ4n) is 6.66. The van der Waals surface area contributed by atoms with Gasteiger partial charge in [0.2, 0.25) is 0 Å². The van der Waals surface area contributed by atoms with Crippen LogP contribution in [0.2, 0.25) is 0 Å². The topological polar surface area (TPSA) is 48.9 Å². The van der Waals surface area contributed by atoms with Crippen LogP contribution in [0.15, 0.2) is 39.9 Å². The molecule has 0 radical (unpaired) electrons. The van der Waals surface area contributed by atoms with Crippen molar-refractivity contribution in [2.75, 3.05) is 0 Å². The van der Waals surface area contributed by atoms with Crippen LogP contribution in [0.25, 0.3) is 5.69 Å². The minimum Gasteiger partial charge on any atom is -0.245 e. The summed E-state index contributed by atoms with van der Waals surface area (Å²) in [6, 6.07) is 9.72. The maximum Gasteiger partial charge on any atom is 0.352 e. The van der Waals surface area contributed by atoms with Crippen LogP contribution < -0.4 is 11.4 Å². The fraction of sp³-hybridized carbons (Fsp3) is 0.529. The molecule has 3 aliphatic carbocycles. The van der Waals surface area contributed by atoms with Crippen molar-refractivity contribution in [3.05, 3.63) is 51.3 Å². The van der Waals surface area contributed by atoms with Crippen molar-refractivity contribution < 1.29 is 0 Å². The van der Waals surface area contributed by atoms with Crippen molar-refractivity contribution in [3.63, 3.8) is 0 Å². The fourth-order valence-corrected chi connectivity index (χ4v) is 6.66. The second kappa shape index (κ2) is 2.90. The second-order valence-corrected chi connectivity index (χ2v) is 7.82. The van der Waals surface area contributed by atoms with Gasteiger partial charge in [-0.3, -0.25) is 0 Å². The Bertz CT molecular complexity index is 968. The molecular weight excluding hydrogens is 278 g/mol. The van der Waals surface area contributed by atoms with Crippen molar-refractivity contribution in [2.24, 2.45) is 22.7 Å². The van der Waals surface area contributed by atoms with E-state index in [1.165, 1.54) is 4.57 Å². The molecule has 3 fully saturated rings. The van der Waals surface area contributed by atoms with E-state index < -0.39 is 0 Å². The van der Waals surface area contributed by atoms with E-state index >= 15 is 0 Å². The average Bonchev–Trinajstić information content (AvgIpc) is 2.85. The molecule has 0 saturated heterocycles. The lowest BCUT2D eigenvalue weighted by Gasteiger charge is -2.45. The van der Waals surface area contributed by atoms with E-state index in [0.29, 0.717) is 22.9 Å². The van der Waals surface area contributed by atoms with Crippen LogP contribution in [0, 0.1) is 22.7 Å². The molecule has 5 nitrogen and oxygen atoms in total. The van der Waals surface area contributed by atoms with Crippen molar-refractivity contribution in [1.29, 1.82) is 0 Å². The summed E-state index contributed by atoms with van der Waals surface area (Å²) < 4.78 is 4.91. The molecule has 4 aliphatic rings. The summed E-state index contributed by atoms with van der Waals surface area (Å²) >= 11 is 0. The van der Waals surface area contributed by atoms with E-state index in [-0.39, 0.29) is 28.9 Å². The number of rotatable bonds is 1. The minimum atomic E-state index is -0.164. The van der Waals surface area contributed by atoms with Crippen molar-refractivity contribution in [3.8, 4) is 5.69 Å². The second-order valence-electron chi connectivity index (χ2n) is 7.82. The van der Waals surface area contributed by atoms with Crippen LogP contribution in [0.4, 0.5) is 0 Å². The number of hydrogen-bond donors (Lipinski definition) is 0. The zero-order chi connectivity index (χ0) is 15.0. The van der Waals surface area contributed by atoms with E-state index in [2.05, 4.69) is 13.8 Å². The van der Waals surface area contributed by atoms with Gasteiger partial charge in [0.15, 0.2) is 0 Å². The maximum absolute atomic E-state index is 13.0. The third-order valence-corrected chi connectivity index (χ3v) is 7.66. The highest BCUT2D eigenvalue weighted by molar-refractivity contribution is 5.41. The van der Waals surface area contributed by atoms with Gasteiger partial charge in [0.25, 0.3) is 0 Å². The Labute approximate surface area is 126 Å². The van der Waals surface area contributed by atoms with Gasteiger partial charge in [-0.1, -0.05) is 32.0 Å². The lowest BCUT2D eigenvalue weighted by Crippen LogP contribution is -2.46. The summed E-state index contributed by atoms with van der Waals surface area (Å²) in [5, 5.41) is 0. The summed E-state index contributed by atoms with van der Waals surface area (Å²) in [5.74, 6) is 1.18. The van der Waals surface area contributed by atoms with Crippen LogP contribution >= 0.6 is 0 Å². The van der Waals surface area contributed by atoms with E-state index in [0.717, 1.165) is 6.42 Å². The van der Waals surface area contributed by atoms with Gasteiger partial charge in [0, 0.05) is 5.92 Å². The highest BCUT2D eigenvalue weighted by atomic mass is 16.2. The molecule has 2 aromatic rings. The predicted octanol–water partition coefficient (Wildman–Crippen LogP) is 1.57. The summed E-state index contributed by atoms with van der Waals surface area (Å²) in [7, 11) is 0. The monoisotopic (exact) mass is 295 g/mol. The minimum absolute atomic E-state index is 0.162. The zero-order valence-corrected chi connectivity index (χ0v) is 12.6. The molecule has 0 N–H and O–H groups in total. The molecule has 1 aliphatic heterocycles. The number of benzene rings is 1. The average molecular weight is 295 g/mol. The molecule has 1 aromatic heterocycles. The summed E-state index contributed by atoms with van der Waals surface area (Å²) in [6.07, 6.45) is 1.06. The summed E-state index contributed by atoms with van der Waals surface area (Å²) in [5.41, 5.74) is 0.936. The number of hydrogen-bond acceptors (Lipinski definition) is 2. The highest BCUT2D eigenvalue weighted by Crippen LogP contribution is 2.96. The molecule has 2 heterocycles. The Morgan fingerprint density at radius 3 is 2.36 bits per heavy atom. The standard InChI is InChI=1S/C17H17N3O2/c1-16-11-8-10-12(16)13(17(11,16)2)20-15(22)18(14(21)19(10)20)9-6-4-3-5-7-9/h3-7,10-13H,8H2,1-2H3/t10-,11-,12+,13+,16+,17-/m0/s1. The third-order valence-electron chi connectivity index (χ3n) is 7.66. The highest BCUT2D eigenvalue weighted by Gasteiger charge is 2.93. The van der Waals surface area contributed by atoms with Gasteiger partial charge in [-0.15, -0.1) is 0 Å². The van der Waals surface area contributed by atoms with Gasteiger partial charge < -0.3 is 0 Å². The van der Waals surface area contributed by atoms with Crippen LogP contribution in [0.1, 0.15) is 32.4 Å². The van der Waals surface area contributed by atoms with Crippen LogP contribution in [0.5, 0.6) is 0 Å². The molecular formula is C17H17N3O2. The summed E-state index contributed by atoms with van der Waals surface area (Å²) in [4.78, 5) is 25.9. The molecule has 3 saturated carbocycles. The van der Waals surface area contributed by atoms with Gasteiger partial charge >= 0.3 is 11.4 Å². The number of fused-ring (bicyclic) bond motifs is 5. The van der Waals surface area contributed by atoms with Gasteiger partial charge in [-0.05, 0) is 35.3 Å². The SMILES string of the molecule is C[C@]12[C@@H]3[C@@H]4C[C@@H]1[C@@]2(C)[C@@H]3n1c(=O)n(-c2ccccc2)c(=O)n14. The van der Waals surface area contributed by atoms with Crippen molar-refractivity contribution in [1.82, 2.24) is 13.9 Å². The first-order valence-corrected chi connectivity index (χ1v) is 8.04. The van der Waals surface area contributed by atoms with Gasteiger partial charge in [-0.2, -0.15) is 0 Å². The first kappa shape index (κ1) is 11.5. The molecule has 5 heteroatoms. The maximum atomic E-state index is 13.0. The van der Waals surface area contributed by atoms with Crippen molar-refractivity contribution in [2.45, 2.75) is 32.4 Å². The van der Waals surface area contributed by atoms with Crippen molar-refractivity contribution >= 4 is 0 Å². The Balaban J connectivity index is 1.65. The molecule has 0 amide bonds. The van der Waals surface area contributed by atoms with E-state index in [1.807, 2.05) is 30.3 Å². The lowest BCUT2D eigenvalue weighted by atomic mass is 9.60. The van der Waals surface area contributed by atoms with Gasteiger partial charge in [-0.25, -0.2) is 23.5 Å². The Morgan fingerprint density at radius 2 is 1.68 bits per heavy atom. The third kappa shape index (κ3) is 0.788. The molecule has 0 unspecified atom stereocenters. The van der Waals surface area contributed by atoms with Gasteiger partial charge in [0.1, 0.15) is 0 Å². The number of nitrogens with zero attached hydrogens (tertiary/aromatic N) is 3. The molecule has 0 spiro atoms. The smallest absolute Gasteiger partial charge is 0.245 e. The summed E-state index contributed by atoms with van der Waals surface area (Å²) in [6.45, 7) is 4.66. The first-order valence-electron chi connectivity index (χ1n) is 8.04. The van der Waals surface area contributed by atoms with E-state index in [4.69, 9.17) is 0 Å².